The van der Waals surface area contributed by atoms with Gasteiger partial charge in [0.25, 0.3) is 0 Å². The molecule has 0 saturated heterocycles. The van der Waals surface area contributed by atoms with Crippen LogP contribution in [-0.4, -0.2) is 73.4 Å². The average molecular weight is 774 g/mol. The van der Waals surface area contributed by atoms with Crippen molar-refractivity contribution in [1.82, 2.24) is 5.32 Å². The maximum absolute atomic E-state index is 12.7. The Hall–Kier alpha value is -0.760. The van der Waals surface area contributed by atoms with Crippen LogP contribution in [0.2, 0.25) is 0 Å². The number of nitrogens with zero attached hydrogens (tertiary/aromatic N) is 1. The van der Waals surface area contributed by atoms with Gasteiger partial charge in [-0.25, -0.2) is 4.57 Å². The van der Waals surface area contributed by atoms with Crippen molar-refractivity contribution < 1.29 is 32.9 Å². The Balaban J connectivity index is 3.75. The molecule has 1 amide bonds. The number of unbranched alkanes of at least 4 members (excludes halogenated alkanes) is 28. The third kappa shape index (κ3) is 39.3. The molecule has 53 heavy (non-hydrogen) atoms. The molecule has 9 heteroatoms. The molecule has 0 fully saturated rings. The highest BCUT2D eigenvalue weighted by Gasteiger charge is 2.27. The fourth-order valence-corrected chi connectivity index (χ4v) is 7.37. The molecule has 0 bridgehead atoms. The number of aliphatic hydroxyl groups excluding tert-OH is 1. The van der Waals surface area contributed by atoms with E-state index in [1.54, 1.807) is 6.08 Å². The third-order valence-electron chi connectivity index (χ3n) is 10.2. The molecule has 3 unspecified atom stereocenters. The van der Waals surface area contributed by atoms with E-state index in [2.05, 4.69) is 12.2 Å². The number of phosphoric ester groups is 1. The van der Waals surface area contributed by atoms with E-state index in [9.17, 15) is 19.4 Å². The number of hydrogen-bond donors (Lipinski definition) is 3. The maximum Gasteiger partial charge on any atom is 0.472 e. The van der Waals surface area contributed by atoms with E-state index in [-0.39, 0.29) is 19.1 Å². The maximum atomic E-state index is 12.7. The number of carbonyl (C=O) groups excluding carboxylic acids is 1. The summed E-state index contributed by atoms with van der Waals surface area (Å²) in [5.41, 5.74) is 0. The second-order valence-electron chi connectivity index (χ2n) is 16.8. The molecule has 0 radical (unpaired) electrons. The number of carbonyl (C=O) groups is 1. The molecule has 0 saturated carbocycles. The Morgan fingerprint density at radius 2 is 1.00 bits per heavy atom. The van der Waals surface area contributed by atoms with Crippen LogP contribution >= 0.6 is 7.82 Å². The highest BCUT2D eigenvalue weighted by atomic mass is 31.2. The number of rotatable bonds is 41. The van der Waals surface area contributed by atoms with Crippen LogP contribution in [0, 0.1) is 0 Å². The van der Waals surface area contributed by atoms with Crippen molar-refractivity contribution in [2.45, 2.75) is 225 Å². The van der Waals surface area contributed by atoms with E-state index in [1.165, 1.54) is 161 Å². The first-order valence-corrected chi connectivity index (χ1v) is 24.1. The highest BCUT2D eigenvalue weighted by molar-refractivity contribution is 7.47. The summed E-state index contributed by atoms with van der Waals surface area (Å²) in [6.45, 7) is 4.62. The summed E-state index contributed by atoms with van der Waals surface area (Å²) in [5.74, 6) is -0.185. The lowest BCUT2D eigenvalue weighted by Gasteiger charge is -2.25. The van der Waals surface area contributed by atoms with Crippen LogP contribution in [0.3, 0.4) is 0 Å². The molecule has 8 nitrogen and oxygen atoms in total. The lowest BCUT2D eigenvalue weighted by molar-refractivity contribution is -0.870. The molecule has 3 atom stereocenters. The van der Waals surface area contributed by atoms with Crippen LogP contribution in [0.5, 0.6) is 0 Å². The first-order valence-electron chi connectivity index (χ1n) is 22.6. The summed E-state index contributed by atoms with van der Waals surface area (Å²) in [6.07, 6.45) is 42.5. The van der Waals surface area contributed by atoms with Gasteiger partial charge in [-0.15, -0.1) is 0 Å². The van der Waals surface area contributed by atoms with Crippen molar-refractivity contribution in [3.63, 3.8) is 0 Å². The standard InChI is InChI=1S/C44H89N2O6P/c1-6-8-10-11-12-13-14-15-16-17-18-19-20-21-22-23-24-25-26-27-28-29-30-31-32-33-34-36-38-44(48)45-42(43(47)37-35-9-7-2)41-52-53(49,50)51-40-39-46(3,4)5/h35,37,42-43,47H,6-34,36,38-41H2,1-5H3,(H-,45,48,49,50)/p+1/b37-35+. The van der Waals surface area contributed by atoms with Crippen molar-refractivity contribution in [3.8, 4) is 0 Å². The zero-order chi connectivity index (χ0) is 39.3. The summed E-state index contributed by atoms with van der Waals surface area (Å²) >= 11 is 0. The molecule has 0 aliphatic rings. The molecule has 0 aliphatic heterocycles. The quantitative estimate of drug-likeness (QED) is 0.0247. The van der Waals surface area contributed by atoms with Gasteiger partial charge in [0.15, 0.2) is 0 Å². The van der Waals surface area contributed by atoms with Gasteiger partial charge in [0.2, 0.25) is 5.91 Å². The Kier molecular flexibility index (Phi) is 36.3. The summed E-state index contributed by atoms with van der Waals surface area (Å²) in [7, 11) is 1.57. The second kappa shape index (κ2) is 36.9. The second-order valence-corrected chi connectivity index (χ2v) is 18.2. The molecule has 0 aromatic rings. The fraction of sp³-hybridized carbons (Fsp3) is 0.932. The van der Waals surface area contributed by atoms with E-state index in [1.807, 2.05) is 34.1 Å². The number of aliphatic hydroxyl groups is 1. The van der Waals surface area contributed by atoms with E-state index in [4.69, 9.17) is 9.05 Å². The summed E-state index contributed by atoms with van der Waals surface area (Å²) in [5, 5.41) is 13.5. The van der Waals surface area contributed by atoms with Crippen molar-refractivity contribution >= 4 is 13.7 Å². The van der Waals surface area contributed by atoms with Crippen molar-refractivity contribution in [2.24, 2.45) is 0 Å². The van der Waals surface area contributed by atoms with Gasteiger partial charge in [0, 0.05) is 6.42 Å². The molecule has 0 spiro atoms. The fourth-order valence-electron chi connectivity index (χ4n) is 6.64. The number of likely N-dealkylation sites (N-methyl/N-ethyl adjacent to an activating group) is 1. The molecule has 0 heterocycles. The average Bonchev–Trinajstić information content (AvgIpc) is 3.10. The van der Waals surface area contributed by atoms with Crippen molar-refractivity contribution in [1.29, 1.82) is 0 Å². The van der Waals surface area contributed by atoms with Crippen molar-refractivity contribution in [2.75, 3.05) is 40.9 Å². The molecule has 0 aliphatic carbocycles. The van der Waals surface area contributed by atoms with Gasteiger partial charge in [0.05, 0.1) is 39.9 Å². The molecule has 0 aromatic heterocycles. The monoisotopic (exact) mass is 774 g/mol. The van der Waals surface area contributed by atoms with Crippen LogP contribution in [0.15, 0.2) is 12.2 Å². The lowest BCUT2D eigenvalue weighted by Crippen LogP contribution is -2.45. The topological polar surface area (TPSA) is 105 Å². The minimum atomic E-state index is -4.31. The zero-order valence-corrected chi connectivity index (χ0v) is 36.7. The first-order chi connectivity index (χ1) is 25.5. The number of phosphoric acid groups is 1. The zero-order valence-electron chi connectivity index (χ0n) is 35.8. The van der Waals surface area contributed by atoms with E-state index < -0.39 is 20.0 Å². The molecule has 0 rings (SSSR count). The molecule has 0 aromatic carbocycles. The van der Waals surface area contributed by atoms with Gasteiger partial charge in [0.1, 0.15) is 13.2 Å². The van der Waals surface area contributed by atoms with Crippen LogP contribution in [0.4, 0.5) is 0 Å². The van der Waals surface area contributed by atoms with Crippen LogP contribution in [-0.2, 0) is 18.4 Å². The predicted octanol–water partition coefficient (Wildman–Crippen LogP) is 12.4. The van der Waals surface area contributed by atoms with Crippen molar-refractivity contribution in [3.05, 3.63) is 12.2 Å². The number of hydrogen-bond acceptors (Lipinski definition) is 5. The Morgan fingerprint density at radius 3 is 1.36 bits per heavy atom. The van der Waals surface area contributed by atoms with Crippen LogP contribution < -0.4 is 5.32 Å². The minimum Gasteiger partial charge on any atom is -0.387 e. The number of amides is 1. The minimum absolute atomic E-state index is 0.0624. The Bertz CT molecular complexity index is 880. The van der Waals surface area contributed by atoms with Gasteiger partial charge in [-0.2, -0.15) is 0 Å². The lowest BCUT2D eigenvalue weighted by atomic mass is 10.0. The van der Waals surface area contributed by atoms with E-state index in [0.717, 1.165) is 32.1 Å². The molecular weight excluding hydrogens is 683 g/mol. The largest absolute Gasteiger partial charge is 0.472 e. The van der Waals surface area contributed by atoms with Gasteiger partial charge in [-0.1, -0.05) is 206 Å². The number of allylic oxidation sites excluding steroid dienone is 1. The number of quaternary nitrogens is 1. The summed E-state index contributed by atoms with van der Waals surface area (Å²) < 4.78 is 23.2. The molecular formula is C44H90N2O6P+. The molecule has 316 valence electrons. The van der Waals surface area contributed by atoms with Crippen LogP contribution in [0.25, 0.3) is 0 Å². The van der Waals surface area contributed by atoms with Gasteiger partial charge < -0.3 is 19.8 Å². The predicted molar refractivity (Wildman–Crippen MR) is 226 cm³/mol. The normalized spacial score (nSPS) is 14.5. The van der Waals surface area contributed by atoms with Gasteiger partial charge in [-0.3, -0.25) is 13.8 Å². The third-order valence-corrected chi connectivity index (χ3v) is 11.2. The van der Waals surface area contributed by atoms with Gasteiger partial charge in [-0.05, 0) is 12.8 Å². The van der Waals surface area contributed by atoms with E-state index >= 15 is 0 Å². The number of nitrogens with one attached hydrogen (secondary N) is 1. The SMILES string of the molecule is CCC/C=C/C(O)C(COP(=O)(O)OCC[N+](C)(C)C)NC(=O)CCCCCCCCCCCCCCCCCCCCCCCCCCCCCC. The Labute approximate surface area is 329 Å². The summed E-state index contributed by atoms with van der Waals surface area (Å²) in [4.78, 5) is 22.8. The van der Waals surface area contributed by atoms with Gasteiger partial charge >= 0.3 is 7.82 Å². The molecule has 3 N–H and O–H groups in total. The Morgan fingerprint density at radius 1 is 0.623 bits per heavy atom. The summed E-state index contributed by atoms with van der Waals surface area (Å²) in [6, 6.07) is -0.836. The smallest absolute Gasteiger partial charge is 0.387 e. The highest BCUT2D eigenvalue weighted by Crippen LogP contribution is 2.43. The van der Waals surface area contributed by atoms with Crippen LogP contribution in [0.1, 0.15) is 213 Å². The van der Waals surface area contributed by atoms with E-state index in [0.29, 0.717) is 17.4 Å². The first kappa shape index (κ1) is 52.2.